The monoisotopic (exact) mass is 421 g/mol. The van der Waals surface area contributed by atoms with Gasteiger partial charge >= 0.3 is 0 Å². The standard InChI is InChI=1S/C28H39NO2/c1-27(2,3)22-16-12-20(13-17-22)25(21-14-18-23(19-15-21)28(4,5)6)26(30)29(31)24-10-8-7-9-11-24/h12-19,24-25,31H,7-11H2,1-6H3. The largest absolute Gasteiger partial charge is 0.286 e. The van der Waals surface area contributed by atoms with Gasteiger partial charge in [0.2, 0.25) is 0 Å². The molecule has 0 saturated heterocycles. The van der Waals surface area contributed by atoms with Crippen molar-refractivity contribution in [2.75, 3.05) is 0 Å². The lowest BCUT2D eigenvalue weighted by molar-refractivity contribution is -0.179. The number of hydroxylamine groups is 2. The van der Waals surface area contributed by atoms with Gasteiger partial charge in [0.05, 0.1) is 12.0 Å². The van der Waals surface area contributed by atoms with E-state index in [2.05, 4.69) is 90.1 Å². The van der Waals surface area contributed by atoms with Crippen molar-refractivity contribution in [2.24, 2.45) is 0 Å². The van der Waals surface area contributed by atoms with Gasteiger partial charge in [-0.3, -0.25) is 10.0 Å². The highest BCUT2D eigenvalue weighted by molar-refractivity contribution is 5.86. The number of hydrogen-bond donors (Lipinski definition) is 1. The van der Waals surface area contributed by atoms with Crippen LogP contribution in [0.2, 0.25) is 0 Å². The second-order valence-electron chi connectivity index (χ2n) is 11.2. The van der Waals surface area contributed by atoms with Gasteiger partial charge in [-0.15, -0.1) is 0 Å². The molecule has 0 atom stereocenters. The molecule has 1 fully saturated rings. The number of benzene rings is 2. The Bertz CT molecular complexity index is 806. The summed E-state index contributed by atoms with van der Waals surface area (Å²) >= 11 is 0. The molecule has 168 valence electrons. The summed E-state index contributed by atoms with van der Waals surface area (Å²) in [7, 11) is 0. The predicted octanol–water partition coefficient (Wildman–Crippen LogP) is 6.96. The van der Waals surface area contributed by atoms with E-state index in [1.165, 1.54) is 17.5 Å². The van der Waals surface area contributed by atoms with Crippen LogP contribution in [0.5, 0.6) is 0 Å². The van der Waals surface area contributed by atoms with E-state index in [9.17, 15) is 10.0 Å². The quantitative estimate of drug-likeness (QED) is 0.428. The molecule has 31 heavy (non-hydrogen) atoms. The number of rotatable bonds is 4. The van der Waals surface area contributed by atoms with E-state index in [0.717, 1.165) is 41.9 Å². The van der Waals surface area contributed by atoms with Crippen molar-refractivity contribution in [2.45, 2.75) is 96.4 Å². The lowest BCUT2D eigenvalue weighted by Crippen LogP contribution is -2.41. The SMILES string of the molecule is CC(C)(C)c1ccc(C(C(=O)N(O)C2CCCCC2)c2ccc(C(C)(C)C)cc2)cc1. The molecular weight excluding hydrogens is 382 g/mol. The number of hydrogen-bond acceptors (Lipinski definition) is 2. The molecule has 0 aromatic heterocycles. The molecule has 0 unspecified atom stereocenters. The fourth-order valence-electron chi connectivity index (χ4n) is 4.47. The van der Waals surface area contributed by atoms with Crippen LogP contribution in [0.25, 0.3) is 0 Å². The third kappa shape index (κ3) is 5.57. The molecule has 1 amide bonds. The van der Waals surface area contributed by atoms with Gasteiger partial charge in [-0.1, -0.05) is 109 Å². The summed E-state index contributed by atoms with van der Waals surface area (Å²) in [5.41, 5.74) is 4.43. The Hall–Kier alpha value is -2.13. The number of amides is 1. The van der Waals surface area contributed by atoms with Gasteiger partial charge in [-0.25, -0.2) is 5.06 Å². The second kappa shape index (κ2) is 9.16. The molecule has 3 rings (SSSR count). The van der Waals surface area contributed by atoms with Gasteiger partial charge in [-0.05, 0) is 45.9 Å². The molecule has 1 aliphatic carbocycles. The Kier molecular flexibility index (Phi) is 6.95. The fraction of sp³-hybridized carbons (Fsp3) is 0.536. The summed E-state index contributed by atoms with van der Waals surface area (Å²) in [6, 6.07) is 16.6. The molecule has 3 heteroatoms. The van der Waals surface area contributed by atoms with E-state index in [1.54, 1.807) is 0 Å². The van der Waals surface area contributed by atoms with Crippen LogP contribution >= 0.6 is 0 Å². The number of carbonyl (C=O) groups is 1. The van der Waals surface area contributed by atoms with Crippen LogP contribution in [0.15, 0.2) is 48.5 Å². The van der Waals surface area contributed by atoms with Crippen LogP contribution in [0.3, 0.4) is 0 Å². The van der Waals surface area contributed by atoms with Crippen LogP contribution in [-0.4, -0.2) is 22.2 Å². The van der Waals surface area contributed by atoms with Gasteiger partial charge in [0, 0.05) is 0 Å². The predicted molar refractivity (Wildman–Crippen MR) is 128 cm³/mol. The highest BCUT2D eigenvalue weighted by Gasteiger charge is 2.32. The van der Waals surface area contributed by atoms with Gasteiger partial charge in [0.15, 0.2) is 0 Å². The summed E-state index contributed by atoms with van der Waals surface area (Å²) < 4.78 is 0. The Morgan fingerprint density at radius 1 is 0.774 bits per heavy atom. The van der Waals surface area contributed by atoms with Crippen molar-refractivity contribution < 1.29 is 10.0 Å². The zero-order valence-corrected chi connectivity index (χ0v) is 20.1. The Morgan fingerprint density at radius 3 is 1.52 bits per heavy atom. The van der Waals surface area contributed by atoms with Crippen LogP contribution in [-0.2, 0) is 15.6 Å². The lowest BCUT2D eigenvalue weighted by atomic mass is 9.82. The second-order valence-corrected chi connectivity index (χ2v) is 11.2. The molecule has 0 heterocycles. The molecule has 0 radical (unpaired) electrons. The molecular formula is C28H39NO2. The van der Waals surface area contributed by atoms with E-state index >= 15 is 0 Å². The minimum absolute atomic E-state index is 0.0531. The molecule has 3 nitrogen and oxygen atoms in total. The van der Waals surface area contributed by atoms with Gasteiger partial charge < -0.3 is 0 Å². The van der Waals surface area contributed by atoms with Crippen LogP contribution < -0.4 is 0 Å². The first-order chi connectivity index (χ1) is 14.5. The number of nitrogens with zero attached hydrogens (tertiary/aromatic N) is 1. The van der Waals surface area contributed by atoms with E-state index in [4.69, 9.17) is 0 Å². The van der Waals surface area contributed by atoms with E-state index in [0.29, 0.717) is 0 Å². The first kappa shape index (κ1) is 23.5. The zero-order chi connectivity index (χ0) is 22.8. The summed E-state index contributed by atoms with van der Waals surface area (Å²) in [6.07, 6.45) is 5.08. The Morgan fingerprint density at radius 2 is 1.16 bits per heavy atom. The van der Waals surface area contributed by atoms with Crippen LogP contribution in [0, 0.1) is 0 Å². The average molecular weight is 422 g/mol. The minimum atomic E-state index is -0.505. The van der Waals surface area contributed by atoms with Gasteiger partial charge in [-0.2, -0.15) is 0 Å². The van der Waals surface area contributed by atoms with E-state index < -0.39 is 5.92 Å². The smallest absolute Gasteiger partial charge is 0.258 e. The normalized spacial score (nSPS) is 15.9. The van der Waals surface area contributed by atoms with Gasteiger partial charge in [0.1, 0.15) is 0 Å². The van der Waals surface area contributed by atoms with Crippen LogP contribution in [0.4, 0.5) is 0 Å². The zero-order valence-electron chi connectivity index (χ0n) is 20.1. The van der Waals surface area contributed by atoms with Crippen molar-refractivity contribution >= 4 is 5.91 Å². The van der Waals surface area contributed by atoms with Crippen molar-refractivity contribution in [1.29, 1.82) is 0 Å². The molecule has 2 aromatic rings. The van der Waals surface area contributed by atoms with E-state index in [-0.39, 0.29) is 22.8 Å². The molecule has 2 aromatic carbocycles. The molecule has 0 bridgehead atoms. The highest BCUT2D eigenvalue weighted by atomic mass is 16.5. The number of carbonyl (C=O) groups excluding carboxylic acids is 1. The summed E-state index contributed by atoms with van der Waals surface area (Å²) in [4.78, 5) is 13.6. The van der Waals surface area contributed by atoms with Gasteiger partial charge in [0.25, 0.3) is 5.91 Å². The van der Waals surface area contributed by atoms with E-state index in [1.807, 2.05) is 0 Å². The fourth-order valence-corrected chi connectivity index (χ4v) is 4.47. The third-order valence-electron chi connectivity index (χ3n) is 6.61. The van der Waals surface area contributed by atoms with Crippen molar-refractivity contribution in [3.63, 3.8) is 0 Å². The first-order valence-corrected chi connectivity index (χ1v) is 11.7. The first-order valence-electron chi connectivity index (χ1n) is 11.7. The summed E-state index contributed by atoms with van der Waals surface area (Å²) in [5, 5.41) is 11.9. The molecule has 0 spiro atoms. The van der Waals surface area contributed by atoms with Crippen LogP contribution in [0.1, 0.15) is 102 Å². The maximum Gasteiger partial charge on any atom is 0.258 e. The minimum Gasteiger partial charge on any atom is -0.286 e. The highest BCUT2D eigenvalue weighted by Crippen LogP contribution is 2.33. The average Bonchev–Trinajstić information content (AvgIpc) is 2.73. The third-order valence-corrected chi connectivity index (χ3v) is 6.61. The topological polar surface area (TPSA) is 40.5 Å². The molecule has 1 saturated carbocycles. The Labute approximate surface area is 188 Å². The molecule has 0 aliphatic heterocycles. The molecule has 1 aliphatic rings. The summed E-state index contributed by atoms with van der Waals surface area (Å²) in [6.45, 7) is 13.1. The van der Waals surface area contributed by atoms with Crippen molar-refractivity contribution in [3.8, 4) is 0 Å². The lowest BCUT2D eigenvalue weighted by Gasteiger charge is -2.32. The summed E-state index contributed by atoms with van der Waals surface area (Å²) in [5.74, 6) is -0.728. The van der Waals surface area contributed by atoms with Crippen molar-refractivity contribution in [1.82, 2.24) is 5.06 Å². The Balaban J connectivity index is 1.98. The maximum absolute atomic E-state index is 13.6. The van der Waals surface area contributed by atoms with Crippen molar-refractivity contribution in [3.05, 3.63) is 70.8 Å². The molecule has 1 N–H and O–H groups in total. The maximum atomic E-state index is 13.6.